The van der Waals surface area contributed by atoms with E-state index in [4.69, 9.17) is 5.73 Å². The topological polar surface area (TPSA) is 63.4 Å². The zero-order valence-corrected chi connectivity index (χ0v) is 9.79. The van der Waals surface area contributed by atoms with Crippen molar-refractivity contribution in [1.29, 1.82) is 0 Å². The lowest BCUT2D eigenvalue weighted by Gasteiger charge is -2.19. The Hall–Kier alpha value is -1.07. The highest BCUT2D eigenvalue weighted by molar-refractivity contribution is 7.92. The Morgan fingerprint density at radius 2 is 2.07 bits per heavy atom. The lowest BCUT2D eigenvalue weighted by atomic mass is 10.2. The molecular formula is C10H16N2O2S. The van der Waals surface area contributed by atoms with Crippen molar-refractivity contribution in [3.05, 3.63) is 29.8 Å². The van der Waals surface area contributed by atoms with Gasteiger partial charge in [-0.25, -0.2) is 8.42 Å². The van der Waals surface area contributed by atoms with Crippen LogP contribution in [0.5, 0.6) is 0 Å². The summed E-state index contributed by atoms with van der Waals surface area (Å²) in [6, 6.07) is 7.35. The summed E-state index contributed by atoms with van der Waals surface area (Å²) in [5.74, 6) is -0.0303. The molecule has 2 N–H and O–H groups in total. The van der Waals surface area contributed by atoms with Crippen LogP contribution in [0.2, 0.25) is 0 Å². The van der Waals surface area contributed by atoms with E-state index >= 15 is 0 Å². The monoisotopic (exact) mass is 228 g/mol. The fourth-order valence-corrected chi connectivity index (χ4v) is 2.28. The third-order valence-corrected chi connectivity index (χ3v) is 3.96. The van der Waals surface area contributed by atoms with Crippen LogP contribution in [0.3, 0.4) is 0 Å². The molecule has 0 aliphatic carbocycles. The molecule has 0 aromatic heterocycles. The maximum absolute atomic E-state index is 11.7. The first-order chi connectivity index (χ1) is 6.97. The summed E-state index contributed by atoms with van der Waals surface area (Å²) in [7, 11) is -1.73. The Kier molecular flexibility index (Phi) is 3.71. The van der Waals surface area contributed by atoms with Gasteiger partial charge in [-0.2, -0.15) is 0 Å². The SMILES string of the molecule is Cc1cccc(N(C)S(=O)(=O)CCN)c1. The van der Waals surface area contributed by atoms with Crippen molar-refractivity contribution in [2.45, 2.75) is 6.92 Å². The molecule has 0 amide bonds. The van der Waals surface area contributed by atoms with Gasteiger partial charge in [0.1, 0.15) is 0 Å². The summed E-state index contributed by atoms with van der Waals surface area (Å²) in [5, 5.41) is 0. The summed E-state index contributed by atoms with van der Waals surface area (Å²) in [5.41, 5.74) is 6.95. The van der Waals surface area contributed by atoms with Gasteiger partial charge in [-0.05, 0) is 24.6 Å². The van der Waals surface area contributed by atoms with Crippen LogP contribution in [0.15, 0.2) is 24.3 Å². The second-order valence-electron chi connectivity index (χ2n) is 3.41. The van der Waals surface area contributed by atoms with E-state index in [-0.39, 0.29) is 12.3 Å². The second-order valence-corrected chi connectivity index (χ2v) is 5.53. The standard InChI is InChI=1S/C10H16N2O2S/c1-9-4-3-5-10(8-9)12(2)15(13,14)7-6-11/h3-5,8H,6-7,11H2,1-2H3. The van der Waals surface area contributed by atoms with E-state index in [1.165, 1.54) is 4.31 Å². The minimum Gasteiger partial charge on any atom is -0.329 e. The van der Waals surface area contributed by atoms with E-state index in [2.05, 4.69) is 0 Å². The quantitative estimate of drug-likeness (QED) is 0.826. The molecule has 0 heterocycles. The third kappa shape index (κ3) is 2.94. The lowest BCUT2D eigenvalue weighted by molar-refractivity contribution is 0.594. The number of hydrogen-bond donors (Lipinski definition) is 1. The molecule has 0 saturated heterocycles. The average molecular weight is 228 g/mol. The van der Waals surface area contributed by atoms with E-state index in [0.29, 0.717) is 5.69 Å². The maximum Gasteiger partial charge on any atom is 0.236 e. The number of nitrogens with two attached hydrogens (primary N) is 1. The summed E-state index contributed by atoms with van der Waals surface area (Å²) in [6.07, 6.45) is 0. The minimum absolute atomic E-state index is 0.0303. The van der Waals surface area contributed by atoms with Crippen molar-refractivity contribution in [2.75, 3.05) is 23.7 Å². The number of hydrogen-bond acceptors (Lipinski definition) is 3. The van der Waals surface area contributed by atoms with Gasteiger partial charge in [0.25, 0.3) is 0 Å². The molecule has 0 spiro atoms. The Labute approximate surface area is 90.8 Å². The first-order valence-electron chi connectivity index (χ1n) is 4.71. The van der Waals surface area contributed by atoms with Crippen LogP contribution in [0.1, 0.15) is 5.56 Å². The number of sulfonamides is 1. The molecule has 0 radical (unpaired) electrons. The molecule has 0 saturated carbocycles. The smallest absolute Gasteiger partial charge is 0.236 e. The van der Waals surface area contributed by atoms with Gasteiger partial charge in [0.15, 0.2) is 0 Å². The van der Waals surface area contributed by atoms with Gasteiger partial charge in [-0.3, -0.25) is 4.31 Å². The molecule has 84 valence electrons. The van der Waals surface area contributed by atoms with Crippen LogP contribution < -0.4 is 10.0 Å². The molecule has 4 nitrogen and oxygen atoms in total. The molecule has 0 aliphatic rings. The van der Waals surface area contributed by atoms with E-state index in [1.807, 2.05) is 25.1 Å². The number of anilines is 1. The summed E-state index contributed by atoms with van der Waals surface area (Å²) >= 11 is 0. The molecule has 0 aliphatic heterocycles. The number of benzene rings is 1. The Balaban J connectivity index is 2.99. The van der Waals surface area contributed by atoms with Crippen LogP contribution in [0, 0.1) is 6.92 Å². The van der Waals surface area contributed by atoms with Gasteiger partial charge >= 0.3 is 0 Å². The highest BCUT2D eigenvalue weighted by Gasteiger charge is 2.16. The highest BCUT2D eigenvalue weighted by atomic mass is 32.2. The van der Waals surface area contributed by atoms with E-state index in [1.54, 1.807) is 13.1 Å². The molecule has 0 unspecified atom stereocenters. The van der Waals surface area contributed by atoms with E-state index in [9.17, 15) is 8.42 Å². The molecule has 1 rings (SSSR count). The van der Waals surface area contributed by atoms with Crippen LogP contribution in [-0.4, -0.2) is 27.8 Å². The number of nitrogens with zero attached hydrogens (tertiary/aromatic N) is 1. The fourth-order valence-electron chi connectivity index (χ4n) is 1.27. The van der Waals surface area contributed by atoms with Gasteiger partial charge in [0.2, 0.25) is 10.0 Å². The minimum atomic E-state index is -3.27. The first kappa shape index (κ1) is 12.0. The van der Waals surface area contributed by atoms with Crippen LogP contribution >= 0.6 is 0 Å². The zero-order valence-electron chi connectivity index (χ0n) is 8.97. The molecule has 0 atom stereocenters. The average Bonchev–Trinajstić information content (AvgIpc) is 2.16. The van der Waals surface area contributed by atoms with Crippen molar-refractivity contribution in [2.24, 2.45) is 5.73 Å². The molecular weight excluding hydrogens is 212 g/mol. The lowest BCUT2D eigenvalue weighted by Crippen LogP contribution is -2.31. The normalized spacial score (nSPS) is 11.4. The van der Waals surface area contributed by atoms with Crippen molar-refractivity contribution >= 4 is 15.7 Å². The summed E-state index contributed by atoms with van der Waals surface area (Å²) in [6.45, 7) is 2.06. The number of rotatable bonds is 4. The van der Waals surface area contributed by atoms with Gasteiger partial charge in [0.05, 0.1) is 11.4 Å². The Morgan fingerprint density at radius 1 is 1.40 bits per heavy atom. The second kappa shape index (κ2) is 4.63. The zero-order chi connectivity index (χ0) is 11.5. The van der Waals surface area contributed by atoms with Crippen LogP contribution in [-0.2, 0) is 10.0 Å². The molecule has 0 bridgehead atoms. The summed E-state index contributed by atoms with van der Waals surface area (Å²) < 4.78 is 24.6. The first-order valence-corrected chi connectivity index (χ1v) is 6.31. The van der Waals surface area contributed by atoms with Crippen molar-refractivity contribution in [1.82, 2.24) is 0 Å². The highest BCUT2D eigenvalue weighted by Crippen LogP contribution is 2.17. The maximum atomic E-state index is 11.7. The van der Waals surface area contributed by atoms with Crippen molar-refractivity contribution in [3.8, 4) is 0 Å². The van der Waals surface area contributed by atoms with Crippen molar-refractivity contribution < 1.29 is 8.42 Å². The largest absolute Gasteiger partial charge is 0.329 e. The third-order valence-electron chi connectivity index (χ3n) is 2.16. The van der Waals surface area contributed by atoms with E-state index < -0.39 is 10.0 Å². The Morgan fingerprint density at radius 3 is 2.60 bits per heavy atom. The van der Waals surface area contributed by atoms with Gasteiger partial charge in [0, 0.05) is 13.6 Å². The molecule has 1 aromatic carbocycles. The molecule has 15 heavy (non-hydrogen) atoms. The van der Waals surface area contributed by atoms with Crippen LogP contribution in [0.4, 0.5) is 5.69 Å². The Bertz CT molecular complexity index is 429. The van der Waals surface area contributed by atoms with Gasteiger partial charge in [-0.15, -0.1) is 0 Å². The predicted molar refractivity (Wildman–Crippen MR) is 62.4 cm³/mol. The molecule has 0 fully saturated rings. The number of aryl methyl sites for hydroxylation is 1. The summed E-state index contributed by atoms with van der Waals surface area (Å²) in [4.78, 5) is 0. The predicted octanol–water partition coefficient (Wildman–Crippen LogP) is 0.720. The molecule has 5 heteroatoms. The van der Waals surface area contributed by atoms with Crippen LogP contribution in [0.25, 0.3) is 0 Å². The van der Waals surface area contributed by atoms with Gasteiger partial charge in [-0.1, -0.05) is 12.1 Å². The van der Waals surface area contributed by atoms with Crippen molar-refractivity contribution in [3.63, 3.8) is 0 Å². The van der Waals surface area contributed by atoms with Gasteiger partial charge < -0.3 is 5.73 Å². The van der Waals surface area contributed by atoms with E-state index in [0.717, 1.165) is 5.56 Å². The molecule has 1 aromatic rings. The fraction of sp³-hybridized carbons (Fsp3) is 0.400.